The molecule has 4 rings (SSSR count). The number of carbonyl (C=O) groups is 1. The number of nitrogens with zero attached hydrogens (tertiary/aromatic N) is 1. The van der Waals surface area contributed by atoms with Crippen LogP contribution in [0.3, 0.4) is 0 Å². The number of amides is 1. The highest BCUT2D eigenvalue weighted by atomic mass is 16.5. The Morgan fingerprint density at radius 2 is 1.70 bits per heavy atom. The van der Waals surface area contributed by atoms with Crippen molar-refractivity contribution in [2.24, 2.45) is 0 Å². The van der Waals surface area contributed by atoms with Crippen molar-refractivity contribution >= 4 is 28.4 Å². The molecule has 0 saturated carbocycles. The maximum Gasteiger partial charge on any atom is 0.266 e. The Morgan fingerprint density at radius 3 is 2.45 bits per heavy atom. The van der Waals surface area contributed by atoms with Crippen LogP contribution < -0.4 is 10.1 Å². The first-order valence-corrected chi connectivity index (χ1v) is 10.7. The minimum atomic E-state index is -0.428. The molecule has 4 nitrogen and oxygen atoms in total. The highest BCUT2D eigenvalue weighted by molar-refractivity contribution is 6.10. The lowest BCUT2D eigenvalue weighted by molar-refractivity contribution is -0.112. The molecule has 33 heavy (non-hydrogen) atoms. The van der Waals surface area contributed by atoms with Crippen LogP contribution in [0.5, 0.6) is 5.75 Å². The van der Waals surface area contributed by atoms with Crippen molar-refractivity contribution in [3.8, 4) is 11.8 Å². The summed E-state index contributed by atoms with van der Waals surface area (Å²) in [5.74, 6) is 0.293. The van der Waals surface area contributed by atoms with Crippen LogP contribution in [-0.4, -0.2) is 5.91 Å². The molecule has 0 aliphatic rings. The number of fused-ring (bicyclic) bond motifs is 1. The van der Waals surface area contributed by atoms with Gasteiger partial charge in [-0.2, -0.15) is 5.26 Å². The number of hydrogen-bond acceptors (Lipinski definition) is 3. The summed E-state index contributed by atoms with van der Waals surface area (Å²) >= 11 is 0. The van der Waals surface area contributed by atoms with Gasteiger partial charge in [0.2, 0.25) is 0 Å². The molecule has 1 amide bonds. The number of benzene rings is 4. The number of rotatable bonds is 6. The Hall–Kier alpha value is -4.36. The highest BCUT2D eigenvalue weighted by Crippen LogP contribution is 2.21. The Labute approximate surface area is 193 Å². The van der Waals surface area contributed by atoms with Crippen molar-refractivity contribution in [1.29, 1.82) is 5.26 Å². The van der Waals surface area contributed by atoms with Gasteiger partial charge in [-0.25, -0.2) is 0 Å². The van der Waals surface area contributed by atoms with E-state index in [1.807, 2.05) is 74.5 Å². The molecule has 0 fully saturated rings. The topological polar surface area (TPSA) is 62.1 Å². The normalized spacial score (nSPS) is 11.1. The van der Waals surface area contributed by atoms with E-state index >= 15 is 0 Å². The molecule has 0 radical (unpaired) electrons. The fraction of sp³-hybridized carbons (Fsp3) is 0.103. The van der Waals surface area contributed by atoms with E-state index in [0.29, 0.717) is 12.3 Å². The van der Waals surface area contributed by atoms with E-state index in [4.69, 9.17) is 4.74 Å². The summed E-state index contributed by atoms with van der Waals surface area (Å²) in [7, 11) is 0. The maximum atomic E-state index is 12.6. The summed E-state index contributed by atoms with van der Waals surface area (Å²) in [6.07, 6.45) is 1.58. The van der Waals surface area contributed by atoms with E-state index in [2.05, 4.69) is 35.6 Å². The molecule has 162 valence electrons. The number of nitrogens with one attached hydrogen (secondary N) is 1. The standard InChI is InChI=1S/C29H24N2O2/c1-20-6-5-9-28(21(20)2)31-29(32)26(18-30)16-22-11-14-27(15-12-22)33-19-23-10-13-24-7-3-4-8-25(24)17-23/h3-17H,19H2,1-2H3,(H,31,32)/b26-16+. The van der Waals surface area contributed by atoms with Gasteiger partial charge in [0, 0.05) is 5.69 Å². The highest BCUT2D eigenvalue weighted by Gasteiger charge is 2.11. The third-order valence-corrected chi connectivity index (χ3v) is 5.63. The summed E-state index contributed by atoms with van der Waals surface area (Å²) in [4.78, 5) is 12.6. The smallest absolute Gasteiger partial charge is 0.266 e. The second-order valence-corrected chi connectivity index (χ2v) is 7.91. The molecule has 1 N–H and O–H groups in total. The number of aryl methyl sites for hydroxylation is 1. The van der Waals surface area contributed by atoms with Crippen molar-refractivity contribution in [1.82, 2.24) is 0 Å². The van der Waals surface area contributed by atoms with E-state index in [0.717, 1.165) is 28.0 Å². The zero-order chi connectivity index (χ0) is 23.2. The molecule has 0 heterocycles. The maximum absolute atomic E-state index is 12.6. The van der Waals surface area contributed by atoms with Gasteiger partial charge in [0.25, 0.3) is 5.91 Å². The lowest BCUT2D eigenvalue weighted by Gasteiger charge is -2.10. The van der Waals surface area contributed by atoms with Crippen LogP contribution in [0.2, 0.25) is 0 Å². The van der Waals surface area contributed by atoms with Gasteiger partial charge in [-0.15, -0.1) is 0 Å². The van der Waals surface area contributed by atoms with Gasteiger partial charge in [0.05, 0.1) is 0 Å². The minimum absolute atomic E-state index is 0.0424. The summed E-state index contributed by atoms with van der Waals surface area (Å²) in [5.41, 5.74) is 4.65. The molecule has 0 saturated heterocycles. The van der Waals surface area contributed by atoms with Gasteiger partial charge in [-0.3, -0.25) is 4.79 Å². The second-order valence-electron chi connectivity index (χ2n) is 7.91. The molecule has 0 unspecified atom stereocenters. The van der Waals surface area contributed by atoms with Crippen LogP contribution in [0.4, 0.5) is 5.69 Å². The first-order chi connectivity index (χ1) is 16.0. The minimum Gasteiger partial charge on any atom is -0.489 e. The molecule has 0 spiro atoms. The van der Waals surface area contributed by atoms with E-state index in [1.165, 1.54) is 10.8 Å². The molecule has 4 aromatic carbocycles. The first kappa shape index (κ1) is 21.9. The lowest BCUT2D eigenvalue weighted by Crippen LogP contribution is -2.14. The lowest BCUT2D eigenvalue weighted by atomic mass is 10.1. The van der Waals surface area contributed by atoms with Gasteiger partial charge >= 0.3 is 0 Å². The molecule has 0 atom stereocenters. The Bertz CT molecular complexity index is 1380. The van der Waals surface area contributed by atoms with Crippen LogP contribution in [-0.2, 0) is 11.4 Å². The zero-order valence-electron chi connectivity index (χ0n) is 18.6. The summed E-state index contributed by atoms with van der Waals surface area (Å²) < 4.78 is 5.91. The van der Waals surface area contributed by atoms with Gasteiger partial charge in [-0.1, -0.05) is 60.7 Å². The van der Waals surface area contributed by atoms with E-state index < -0.39 is 5.91 Å². The number of anilines is 1. The third-order valence-electron chi connectivity index (χ3n) is 5.63. The fourth-order valence-electron chi connectivity index (χ4n) is 3.55. The Morgan fingerprint density at radius 1 is 0.939 bits per heavy atom. The average molecular weight is 433 g/mol. The Balaban J connectivity index is 1.42. The Kier molecular flexibility index (Phi) is 6.52. The average Bonchev–Trinajstić information content (AvgIpc) is 2.84. The molecule has 0 bridgehead atoms. The third kappa shape index (κ3) is 5.28. The van der Waals surface area contributed by atoms with Crippen molar-refractivity contribution in [2.45, 2.75) is 20.5 Å². The van der Waals surface area contributed by atoms with Crippen LogP contribution in [0.15, 0.2) is 90.5 Å². The van der Waals surface area contributed by atoms with Crippen molar-refractivity contribution in [3.63, 3.8) is 0 Å². The van der Waals surface area contributed by atoms with E-state index in [9.17, 15) is 10.1 Å². The van der Waals surface area contributed by atoms with Gasteiger partial charge in [0.1, 0.15) is 24.0 Å². The van der Waals surface area contributed by atoms with Crippen LogP contribution in [0.25, 0.3) is 16.8 Å². The molecule has 4 aromatic rings. The summed E-state index contributed by atoms with van der Waals surface area (Å²) in [6.45, 7) is 4.38. The quantitative estimate of drug-likeness (QED) is 0.276. The largest absolute Gasteiger partial charge is 0.489 e. The molecular formula is C29H24N2O2. The number of ether oxygens (including phenoxy) is 1. The monoisotopic (exact) mass is 432 g/mol. The van der Waals surface area contributed by atoms with Gasteiger partial charge < -0.3 is 10.1 Å². The van der Waals surface area contributed by atoms with E-state index in [1.54, 1.807) is 6.08 Å². The SMILES string of the molecule is Cc1cccc(NC(=O)/C(C#N)=C/c2ccc(OCc3ccc4ccccc4c3)cc2)c1C. The van der Waals surface area contributed by atoms with Crippen LogP contribution in [0.1, 0.15) is 22.3 Å². The van der Waals surface area contributed by atoms with Crippen molar-refractivity contribution in [2.75, 3.05) is 5.32 Å². The number of hydrogen-bond donors (Lipinski definition) is 1. The van der Waals surface area contributed by atoms with Gasteiger partial charge in [-0.05, 0) is 77.2 Å². The van der Waals surface area contributed by atoms with Crippen molar-refractivity contribution < 1.29 is 9.53 Å². The number of carbonyl (C=O) groups excluding carboxylic acids is 1. The fourth-order valence-corrected chi connectivity index (χ4v) is 3.55. The van der Waals surface area contributed by atoms with E-state index in [-0.39, 0.29) is 5.57 Å². The summed E-state index contributed by atoms with van der Waals surface area (Å²) in [5, 5.41) is 14.7. The second kappa shape index (κ2) is 9.84. The predicted molar refractivity (Wildman–Crippen MR) is 133 cm³/mol. The molecule has 0 aliphatic heterocycles. The van der Waals surface area contributed by atoms with Crippen molar-refractivity contribution in [3.05, 3.63) is 113 Å². The summed E-state index contributed by atoms with van der Waals surface area (Å²) in [6, 6.07) is 29.5. The van der Waals surface area contributed by atoms with Crippen LogP contribution >= 0.6 is 0 Å². The first-order valence-electron chi connectivity index (χ1n) is 10.7. The molecule has 0 aromatic heterocycles. The molecular weight excluding hydrogens is 408 g/mol. The van der Waals surface area contributed by atoms with Gasteiger partial charge in [0.15, 0.2) is 0 Å². The predicted octanol–water partition coefficient (Wildman–Crippen LogP) is 6.58. The molecule has 4 heteroatoms. The molecule has 0 aliphatic carbocycles. The zero-order valence-corrected chi connectivity index (χ0v) is 18.6. The number of nitriles is 1. The van der Waals surface area contributed by atoms with Crippen LogP contribution in [0, 0.1) is 25.2 Å².